The maximum Gasteiger partial charge on any atom is 0.231 e. The molecule has 0 spiro atoms. The second-order valence-corrected chi connectivity index (χ2v) is 20.3. The number of hydrogen-bond donors (Lipinski definition) is 0. The van der Waals surface area contributed by atoms with Crippen molar-refractivity contribution in [2.75, 3.05) is 9.80 Å². The predicted molar refractivity (Wildman–Crippen MR) is 272 cm³/mol. The van der Waals surface area contributed by atoms with Crippen LogP contribution in [-0.2, 0) is 10.8 Å². The quantitative estimate of drug-likeness (QED) is 0.177. The first-order chi connectivity index (χ1) is 32.3. The van der Waals surface area contributed by atoms with Crippen LogP contribution >= 0.6 is 0 Å². The lowest BCUT2D eigenvalue weighted by atomic mass is 9.70. The molecule has 0 bridgehead atoms. The van der Waals surface area contributed by atoms with Crippen LogP contribution in [0.1, 0.15) is 91.4 Å². The van der Waals surface area contributed by atoms with Crippen molar-refractivity contribution in [3.05, 3.63) is 232 Å². The molecular formula is C62H50N4. The fourth-order valence-corrected chi connectivity index (χ4v) is 13.4. The molecule has 7 aromatic rings. The minimum Gasteiger partial charge on any atom is -0.337 e. The monoisotopic (exact) mass is 850 g/mol. The van der Waals surface area contributed by atoms with Gasteiger partial charge in [0.2, 0.25) is 5.95 Å². The van der Waals surface area contributed by atoms with Crippen molar-refractivity contribution in [2.45, 2.75) is 75.3 Å². The zero-order chi connectivity index (χ0) is 44.1. The van der Waals surface area contributed by atoms with Crippen molar-refractivity contribution in [1.82, 2.24) is 9.97 Å². The summed E-state index contributed by atoms with van der Waals surface area (Å²) in [6.45, 7) is 9.66. The van der Waals surface area contributed by atoms with Gasteiger partial charge < -0.3 is 9.80 Å². The summed E-state index contributed by atoms with van der Waals surface area (Å²) in [7, 11) is 0. The molecule has 0 amide bonds. The molecule has 0 fully saturated rings. The van der Waals surface area contributed by atoms with Gasteiger partial charge in [-0.2, -0.15) is 0 Å². The maximum absolute atomic E-state index is 5.69. The Hall–Kier alpha value is -7.30. The SMILES string of the molecule is CC1(C)C2=C(C=CC3C2c2cc(-c4cccc5c4C(C)(C)c4ccccc4-5)ccc2N3c2nc(C3=CC=C(N4c5ccccc5C5C=CC=CC54)CC3)c3ccccc3n2)c2ccccc21. The fraction of sp³-hybridized carbons (Fsp3) is 0.194. The number of para-hydroxylation sites is 2. The number of rotatable bonds is 4. The third-order valence-electron chi connectivity index (χ3n) is 16.3. The Morgan fingerprint density at radius 2 is 1.29 bits per heavy atom. The number of nitrogens with zero attached hydrogens (tertiary/aromatic N) is 4. The summed E-state index contributed by atoms with van der Waals surface area (Å²) >= 11 is 0. The molecule has 4 nitrogen and oxygen atoms in total. The minimum atomic E-state index is -0.160. The third-order valence-corrected chi connectivity index (χ3v) is 16.3. The van der Waals surface area contributed by atoms with Gasteiger partial charge in [-0.1, -0.05) is 179 Å². The largest absolute Gasteiger partial charge is 0.337 e. The fourth-order valence-electron chi connectivity index (χ4n) is 13.4. The van der Waals surface area contributed by atoms with Crippen LogP contribution < -0.4 is 9.80 Å². The molecule has 1 aromatic heterocycles. The molecule has 0 N–H and O–H groups in total. The summed E-state index contributed by atoms with van der Waals surface area (Å²) in [5.74, 6) is 1.24. The second-order valence-electron chi connectivity index (χ2n) is 20.3. The van der Waals surface area contributed by atoms with E-state index in [2.05, 4.69) is 220 Å². The van der Waals surface area contributed by atoms with Gasteiger partial charge in [-0.3, -0.25) is 0 Å². The number of fused-ring (bicyclic) bond motifs is 13. The average Bonchev–Trinajstić information content (AvgIpc) is 4.02. The highest BCUT2D eigenvalue weighted by molar-refractivity contribution is 5.95. The van der Waals surface area contributed by atoms with E-state index in [4.69, 9.17) is 9.97 Å². The summed E-state index contributed by atoms with van der Waals surface area (Å²) in [4.78, 5) is 16.2. The lowest BCUT2D eigenvalue weighted by Crippen LogP contribution is -2.35. The van der Waals surface area contributed by atoms with Crippen molar-refractivity contribution in [1.29, 1.82) is 0 Å². The Kier molecular flexibility index (Phi) is 7.85. The van der Waals surface area contributed by atoms with Crippen LogP contribution in [-0.4, -0.2) is 22.1 Å². The topological polar surface area (TPSA) is 32.3 Å². The summed E-state index contributed by atoms with van der Waals surface area (Å²) in [5.41, 5.74) is 23.3. The van der Waals surface area contributed by atoms with Gasteiger partial charge in [0.1, 0.15) is 0 Å². The van der Waals surface area contributed by atoms with Crippen molar-refractivity contribution in [3.8, 4) is 22.3 Å². The van der Waals surface area contributed by atoms with Crippen LogP contribution in [0.15, 0.2) is 193 Å². The average molecular weight is 851 g/mol. The highest BCUT2D eigenvalue weighted by Crippen LogP contribution is 2.61. The van der Waals surface area contributed by atoms with Gasteiger partial charge in [0.25, 0.3) is 0 Å². The smallest absolute Gasteiger partial charge is 0.231 e. The van der Waals surface area contributed by atoms with Crippen molar-refractivity contribution in [3.63, 3.8) is 0 Å². The highest BCUT2D eigenvalue weighted by Gasteiger charge is 2.51. The predicted octanol–water partition coefficient (Wildman–Crippen LogP) is 14.7. The van der Waals surface area contributed by atoms with E-state index in [9.17, 15) is 0 Å². The van der Waals surface area contributed by atoms with E-state index in [0.717, 1.165) is 35.4 Å². The van der Waals surface area contributed by atoms with Gasteiger partial charge in [0.05, 0.1) is 23.3 Å². The molecule has 4 atom stereocenters. The molecule has 0 radical (unpaired) electrons. The van der Waals surface area contributed by atoms with Crippen LogP contribution in [0.4, 0.5) is 17.3 Å². The Balaban J connectivity index is 0.923. The minimum absolute atomic E-state index is 0.00592. The lowest BCUT2D eigenvalue weighted by Gasteiger charge is -2.35. The highest BCUT2D eigenvalue weighted by atomic mass is 15.3. The van der Waals surface area contributed by atoms with Gasteiger partial charge in [0.15, 0.2) is 0 Å². The summed E-state index contributed by atoms with van der Waals surface area (Å²) in [6.07, 6.45) is 20.5. The number of anilines is 3. The molecule has 5 aliphatic carbocycles. The Bertz CT molecular complexity index is 3480. The van der Waals surface area contributed by atoms with Crippen molar-refractivity contribution in [2.24, 2.45) is 0 Å². The normalized spacial score (nSPS) is 22.8. The van der Waals surface area contributed by atoms with E-state index in [-0.39, 0.29) is 22.8 Å². The van der Waals surface area contributed by atoms with E-state index in [1.165, 1.54) is 89.4 Å². The Labute approximate surface area is 387 Å². The molecular weight excluding hydrogens is 801 g/mol. The van der Waals surface area contributed by atoms with E-state index >= 15 is 0 Å². The van der Waals surface area contributed by atoms with Gasteiger partial charge in [-0.05, 0) is 116 Å². The van der Waals surface area contributed by atoms with Crippen LogP contribution in [0.3, 0.4) is 0 Å². The van der Waals surface area contributed by atoms with E-state index in [1.54, 1.807) is 0 Å². The van der Waals surface area contributed by atoms with Gasteiger partial charge in [-0.15, -0.1) is 0 Å². The maximum atomic E-state index is 5.69. The first kappa shape index (κ1) is 38.0. The molecule has 7 aliphatic rings. The molecule has 2 aliphatic heterocycles. The number of allylic oxidation sites excluding steroid dienone is 8. The zero-order valence-corrected chi connectivity index (χ0v) is 37.8. The number of aromatic nitrogens is 2. The first-order valence-electron chi connectivity index (χ1n) is 23.9. The zero-order valence-electron chi connectivity index (χ0n) is 37.8. The van der Waals surface area contributed by atoms with Crippen LogP contribution in [0.25, 0.3) is 44.3 Å². The van der Waals surface area contributed by atoms with Gasteiger partial charge in [-0.25, -0.2) is 9.97 Å². The van der Waals surface area contributed by atoms with E-state index in [0.29, 0.717) is 12.0 Å². The Morgan fingerprint density at radius 3 is 2.15 bits per heavy atom. The lowest BCUT2D eigenvalue weighted by molar-refractivity contribution is 0.555. The summed E-state index contributed by atoms with van der Waals surface area (Å²) < 4.78 is 0. The van der Waals surface area contributed by atoms with Crippen LogP contribution in [0, 0.1) is 0 Å². The van der Waals surface area contributed by atoms with E-state index in [1.807, 2.05) is 0 Å². The number of hydrogen-bond acceptors (Lipinski definition) is 4. The summed E-state index contributed by atoms with van der Waals surface area (Å²) in [6, 6.07) is 50.1. The van der Waals surface area contributed by atoms with Crippen molar-refractivity contribution < 1.29 is 0 Å². The Morgan fingerprint density at radius 1 is 0.561 bits per heavy atom. The standard InChI is InChI=1S/C62H50N4/c1-61(2)49-23-10-5-16-41(49)45-22-15-21-40(57(45)61)38-30-34-54-48(36-38)56-55(35-33-46-42-17-6-11-24-50(42)62(3,4)58(46)56)66(54)60-63-51-25-12-7-20-47(51)59(64-60)37-28-31-39(32-29-37)65-52-26-13-8-18-43(52)44-19-9-14-27-53(44)65/h5-28,30-31,33-36,43,52,55-56H,29,32H2,1-4H3. The van der Waals surface area contributed by atoms with Gasteiger partial charge in [0, 0.05) is 45.1 Å². The van der Waals surface area contributed by atoms with Gasteiger partial charge >= 0.3 is 0 Å². The molecule has 3 heterocycles. The molecule has 318 valence electrons. The molecule has 6 aromatic carbocycles. The van der Waals surface area contributed by atoms with Crippen LogP contribution in [0.2, 0.25) is 0 Å². The summed E-state index contributed by atoms with van der Waals surface area (Å²) in [5, 5.41) is 1.10. The molecule has 14 rings (SSSR count). The number of benzene rings is 6. The molecule has 0 saturated carbocycles. The third kappa shape index (κ3) is 5.10. The van der Waals surface area contributed by atoms with Crippen LogP contribution in [0.5, 0.6) is 0 Å². The first-order valence-corrected chi connectivity index (χ1v) is 23.9. The van der Waals surface area contributed by atoms with E-state index < -0.39 is 0 Å². The molecule has 0 saturated heterocycles. The second kappa shape index (κ2) is 13.6. The molecule has 4 heteroatoms. The van der Waals surface area contributed by atoms with Crippen molar-refractivity contribution >= 4 is 39.4 Å². The molecule has 66 heavy (non-hydrogen) atoms. The molecule has 4 unspecified atom stereocenters.